The molecule has 0 radical (unpaired) electrons. The van der Waals surface area contributed by atoms with E-state index in [0.29, 0.717) is 13.0 Å². The van der Waals surface area contributed by atoms with Gasteiger partial charge in [-0.05, 0) is 31.0 Å². The molecule has 0 saturated carbocycles. The molecule has 0 unspecified atom stereocenters. The zero-order chi connectivity index (χ0) is 15.8. The third-order valence-corrected chi connectivity index (χ3v) is 4.08. The average molecular weight is 304 g/mol. The second kappa shape index (κ2) is 8.79. The molecular weight excluding hydrogens is 276 g/mol. The SMILES string of the molecule is CC(C)CCN1CCN(C(=O)CCOc2ccccc2)CC1. The van der Waals surface area contributed by atoms with Crippen LogP contribution in [0.5, 0.6) is 5.75 Å². The lowest BCUT2D eigenvalue weighted by Gasteiger charge is -2.35. The van der Waals surface area contributed by atoms with E-state index in [4.69, 9.17) is 4.74 Å². The topological polar surface area (TPSA) is 32.8 Å². The monoisotopic (exact) mass is 304 g/mol. The lowest BCUT2D eigenvalue weighted by Crippen LogP contribution is -2.49. The Morgan fingerprint density at radius 2 is 1.82 bits per heavy atom. The van der Waals surface area contributed by atoms with E-state index >= 15 is 0 Å². The van der Waals surface area contributed by atoms with Crippen molar-refractivity contribution in [3.05, 3.63) is 30.3 Å². The maximum absolute atomic E-state index is 12.2. The first-order valence-corrected chi connectivity index (χ1v) is 8.33. The van der Waals surface area contributed by atoms with Crippen molar-refractivity contribution in [3.63, 3.8) is 0 Å². The van der Waals surface area contributed by atoms with Crippen LogP contribution in [-0.2, 0) is 4.79 Å². The normalized spacial score (nSPS) is 16.0. The van der Waals surface area contributed by atoms with Gasteiger partial charge in [-0.3, -0.25) is 9.69 Å². The minimum Gasteiger partial charge on any atom is -0.493 e. The molecule has 1 aliphatic heterocycles. The second-order valence-electron chi connectivity index (χ2n) is 6.32. The van der Waals surface area contributed by atoms with Gasteiger partial charge in [-0.15, -0.1) is 0 Å². The Kier molecular flexibility index (Phi) is 6.72. The van der Waals surface area contributed by atoms with Gasteiger partial charge in [0.2, 0.25) is 5.91 Å². The molecule has 0 bridgehead atoms. The first-order chi connectivity index (χ1) is 10.6. The Bertz CT molecular complexity index is 440. The Hall–Kier alpha value is -1.55. The Morgan fingerprint density at radius 3 is 2.45 bits per heavy atom. The number of carbonyl (C=O) groups excluding carboxylic acids is 1. The van der Waals surface area contributed by atoms with E-state index in [2.05, 4.69) is 18.7 Å². The molecule has 0 spiro atoms. The molecule has 0 aromatic heterocycles. The van der Waals surface area contributed by atoms with Crippen LogP contribution in [0.15, 0.2) is 30.3 Å². The highest BCUT2D eigenvalue weighted by Gasteiger charge is 2.20. The van der Waals surface area contributed by atoms with Crippen molar-refractivity contribution in [1.82, 2.24) is 9.80 Å². The molecule has 22 heavy (non-hydrogen) atoms. The summed E-state index contributed by atoms with van der Waals surface area (Å²) >= 11 is 0. The van der Waals surface area contributed by atoms with Crippen molar-refractivity contribution in [2.75, 3.05) is 39.3 Å². The number of benzene rings is 1. The van der Waals surface area contributed by atoms with Crippen molar-refractivity contribution in [2.45, 2.75) is 26.7 Å². The van der Waals surface area contributed by atoms with Crippen molar-refractivity contribution < 1.29 is 9.53 Å². The van der Waals surface area contributed by atoms with Gasteiger partial charge in [0.1, 0.15) is 5.75 Å². The fraction of sp³-hybridized carbons (Fsp3) is 0.611. The van der Waals surface area contributed by atoms with Gasteiger partial charge < -0.3 is 9.64 Å². The fourth-order valence-electron chi connectivity index (χ4n) is 2.59. The summed E-state index contributed by atoms with van der Waals surface area (Å²) in [6, 6.07) is 9.66. The highest BCUT2D eigenvalue weighted by Crippen LogP contribution is 2.10. The van der Waals surface area contributed by atoms with Crippen molar-refractivity contribution in [3.8, 4) is 5.75 Å². The van der Waals surface area contributed by atoms with Crippen LogP contribution >= 0.6 is 0 Å². The summed E-state index contributed by atoms with van der Waals surface area (Å²) in [6.45, 7) is 9.81. The van der Waals surface area contributed by atoms with E-state index < -0.39 is 0 Å². The largest absolute Gasteiger partial charge is 0.493 e. The van der Waals surface area contributed by atoms with Crippen LogP contribution in [0, 0.1) is 5.92 Å². The molecule has 1 aliphatic rings. The number of amides is 1. The van der Waals surface area contributed by atoms with Crippen molar-refractivity contribution >= 4 is 5.91 Å². The van der Waals surface area contributed by atoms with Gasteiger partial charge >= 0.3 is 0 Å². The predicted octanol–water partition coefficient (Wildman–Crippen LogP) is 2.65. The fourth-order valence-corrected chi connectivity index (χ4v) is 2.59. The molecule has 1 amide bonds. The quantitative estimate of drug-likeness (QED) is 0.776. The first kappa shape index (κ1) is 16.8. The van der Waals surface area contributed by atoms with Gasteiger partial charge in [0.15, 0.2) is 0 Å². The number of rotatable bonds is 7. The Morgan fingerprint density at radius 1 is 1.14 bits per heavy atom. The number of hydrogen-bond acceptors (Lipinski definition) is 3. The number of carbonyl (C=O) groups is 1. The summed E-state index contributed by atoms with van der Waals surface area (Å²) < 4.78 is 5.60. The molecule has 2 rings (SSSR count). The summed E-state index contributed by atoms with van der Waals surface area (Å²) in [5.74, 6) is 1.78. The molecule has 1 saturated heterocycles. The lowest BCUT2D eigenvalue weighted by molar-refractivity contribution is -0.133. The van der Waals surface area contributed by atoms with Crippen LogP contribution in [0.2, 0.25) is 0 Å². The van der Waals surface area contributed by atoms with Crippen LogP contribution in [-0.4, -0.2) is 55.0 Å². The highest BCUT2D eigenvalue weighted by atomic mass is 16.5. The van der Waals surface area contributed by atoms with Crippen LogP contribution in [0.1, 0.15) is 26.7 Å². The number of para-hydroxylation sites is 1. The first-order valence-electron chi connectivity index (χ1n) is 8.33. The van der Waals surface area contributed by atoms with E-state index in [-0.39, 0.29) is 5.91 Å². The van der Waals surface area contributed by atoms with E-state index in [1.165, 1.54) is 6.42 Å². The summed E-state index contributed by atoms with van der Waals surface area (Å²) in [7, 11) is 0. The molecule has 0 N–H and O–H groups in total. The van der Waals surface area contributed by atoms with E-state index in [1.54, 1.807) is 0 Å². The van der Waals surface area contributed by atoms with E-state index in [0.717, 1.165) is 44.4 Å². The van der Waals surface area contributed by atoms with Gasteiger partial charge in [0, 0.05) is 26.2 Å². The minimum atomic E-state index is 0.208. The van der Waals surface area contributed by atoms with Gasteiger partial charge in [-0.2, -0.15) is 0 Å². The van der Waals surface area contributed by atoms with Gasteiger partial charge in [-0.1, -0.05) is 32.0 Å². The third-order valence-electron chi connectivity index (χ3n) is 4.08. The summed E-state index contributed by atoms with van der Waals surface area (Å²) in [6.07, 6.45) is 1.69. The summed E-state index contributed by atoms with van der Waals surface area (Å²) in [5.41, 5.74) is 0. The second-order valence-corrected chi connectivity index (χ2v) is 6.32. The van der Waals surface area contributed by atoms with Crippen LogP contribution in [0.25, 0.3) is 0 Å². The molecule has 0 atom stereocenters. The number of ether oxygens (including phenoxy) is 1. The molecule has 1 fully saturated rings. The molecule has 4 nitrogen and oxygen atoms in total. The van der Waals surface area contributed by atoms with E-state index in [1.807, 2.05) is 35.2 Å². The molecule has 1 aromatic carbocycles. The summed E-state index contributed by atoms with van der Waals surface area (Å²) in [5, 5.41) is 0. The smallest absolute Gasteiger partial charge is 0.226 e. The number of hydrogen-bond donors (Lipinski definition) is 0. The predicted molar refractivity (Wildman–Crippen MR) is 89.0 cm³/mol. The Balaban J connectivity index is 1.63. The number of piperazine rings is 1. The van der Waals surface area contributed by atoms with Crippen molar-refractivity contribution in [1.29, 1.82) is 0 Å². The zero-order valence-electron chi connectivity index (χ0n) is 13.8. The lowest BCUT2D eigenvalue weighted by atomic mass is 10.1. The molecule has 122 valence electrons. The average Bonchev–Trinajstić information content (AvgIpc) is 2.54. The third kappa shape index (κ3) is 5.68. The molecule has 1 heterocycles. The molecule has 0 aliphatic carbocycles. The maximum Gasteiger partial charge on any atom is 0.226 e. The van der Waals surface area contributed by atoms with Crippen molar-refractivity contribution in [2.24, 2.45) is 5.92 Å². The van der Waals surface area contributed by atoms with Crippen LogP contribution in [0.4, 0.5) is 0 Å². The minimum absolute atomic E-state index is 0.208. The van der Waals surface area contributed by atoms with Gasteiger partial charge in [0.25, 0.3) is 0 Å². The molecular formula is C18H28N2O2. The molecule has 4 heteroatoms. The standard InChI is InChI=1S/C18H28N2O2/c1-16(2)8-10-19-11-13-20(14-12-19)18(21)9-15-22-17-6-4-3-5-7-17/h3-7,16H,8-15H2,1-2H3. The zero-order valence-corrected chi connectivity index (χ0v) is 13.8. The van der Waals surface area contributed by atoms with Gasteiger partial charge in [0.05, 0.1) is 13.0 Å². The van der Waals surface area contributed by atoms with E-state index in [9.17, 15) is 4.79 Å². The van der Waals surface area contributed by atoms with Crippen LogP contribution in [0.3, 0.4) is 0 Å². The summed E-state index contributed by atoms with van der Waals surface area (Å²) in [4.78, 5) is 16.6. The van der Waals surface area contributed by atoms with Gasteiger partial charge in [-0.25, -0.2) is 0 Å². The maximum atomic E-state index is 12.2. The van der Waals surface area contributed by atoms with Crippen LogP contribution < -0.4 is 4.74 Å². The molecule has 1 aromatic rings. The Labute approximate surface area is 134 Å². The number of nitrogens with zero attached hydrogens (tertiary/aromatic N) is 2. The highest BCUT2D eigenvalue weighted by molar-refractivity contribution is 5.76.